The first kappa shape index (κ1) is 42.1. The van der Waals surface area contributed by atoms with Crippen molar-refractivity contribution in [3.63, 3.8) is 0 Å². The fraction of sp³-hybridized carbons (Fsp3) is 0.650. The predicted molar refractivity (Wildman–Crippen MR) is 211 cm³/mol. The van der Waals surface area contributed by atoms with Crippen molar-refractivity contribution in [1.29, 1.82) is 0 Å². The lowest BCUT2D eigenvalue weighted by Crippen LogP contribution is -2.44. The third kappa shape index (κ3) is 12.2. The summed E-state index contributed by atoms with van der Waals surface area (Å²) in [5, 5.41) is 11.5. The van der Waals surface area contributed by atoms with Gasteiger partial charge in [0.2, 0.25) is 8.32 Å². The number of methoxy groups -OCH3 is 1. The minimum absolute atomic E-state index is 0.0194. The molecule has 0 saturated carbocycles. The second kappa shape index (κ2) is 17.4. The number of hydrogen-bond acceptors (Lipinski definition) is 3. The molecule has 6 heteroatoms. The Balaban J connectivity index is 3.43. The standard InChI is InChI=1S/C40H68O3Si3/c1-30(2)46(31(3)4,32(5)6)25-20-18-19-22-33(7)26-35-28-39(43-45(16,17)40(9,10)11)36(29-38(35)42-12)37(41)27-34(8)23-21-24-44(13,14)15/h22,27-32,37,41H,18-19,23,26H2,1-17H3/b33-22-,34-27+/t37-/m0/s1. The molecule has 258 valence electrons. The molecule has 0 aliphatic carbocycles. The largest absolute Gasteiger partial charge is 0.543 e. The SMILES string of the molecule is COc1cc([C@@H](O)/C=C(\C)CC#C[Si](C)(C)C)c(O[Si](C)(C)C(C)(C)C)cc1C/C(C)=C\CCC#C[Si](C(C)C)(C(C)C)C(C)C. The summed E-state index contributed by atoms with van der Waals surface area (Å²) in [5.74, 6) is 8.45. The third-order valence-corrected chi connectivity index (χ3v) is 21.2. The summed E-state index contributed by atoms with van der Waals surface area (Å²) in [4.78, 5) is 0. The van der Waals surface area contributed by atoms with Crippen molar-refractivity contribution in [3.8, 4) is 34.4 Å². The lowest BCUT2D eigenvalue weighted by Gasteiger charge is -2.38. The first-order chi connectivity index (χ1) is 21.0. The molecule has 1 aromatic carbocycles. The maximum Gasteiger partial charge on any atom is 0.250 e. The second-order valence-electron chi connectivity index (χ2n) is 16.7. The van der Waals surface area contributed by atoms with E-state index in [1.807, 2.05) is 19.1 Å². The Morgan fingerprint density at radius 1 is 0.848 bits per heavy atom. The number of aliphatic hydroxyl groups excluding tert-OH is 1. The Labute approximate surface area is 288 Å². The van der Waals surface area contributed by atoms with E-state index in [1.165, 1.54) is 5.57 Å². The Morgan fingerprint density at radius 3 is 1.89 bits per heavy atom. The quantitative estimate of drug-likeness (QED) is 0.0975. The molecule has 0 aliphatic heterocycles. The van der Waals surface area contributed by atoms with Gasteiger partial charge in [0.25, 0.3) is 0 Å². The molecule has 46 heavy (non-hydrogen) atoms. The van der Waals surface area contributed by atoms with Gasteiger partial charge in [-0.1, -0.05) is 105 Å². The molecule has 1 aromatic rings. The van der Waals surface area contributed by atoms with E-state index >= 15 is 0 Å². The van der Waals surface area contributed by atoms with Crippen LogP contribution < -0.4 is 9.16 Å². The summed E-state index contributed by atoms with van der Waals surface area (Å²) in [6.45, 7) is 36.4. The van der Waals surface area contributed by atoms with Gasteiger partial charge in [0.1, 0.15) is 33.8 Å². The third-order valence-electron chi connectivity index (χ3n) is 9.58. The van der Waals surface area contributed by atoms with E-state index in [-0.39, 0.29) is 5.04 Å². The van der Waals surface area contributed by atoms with Gasteiger partial charge in [-0.3, -0.25) is 0 Å². The van der Waals surface area contributed by atoms with Gasteiger partial charge >= 0.3 is 0 Å². The van der Waals surface area contributed by atoms with E-state index in [4.69, 9.17) is 9.16 Å². The van der Waals surface area contributed by atoms with Crippen LogP contribution in [0, 0.1) is 22.9 Å². The van der Waals surface area contributed by atoms with Gasteiger partial charge in [-0.05, 0) is 73.6 Å². The van der Waals surface area contributed by atoms with Crippen LogP contribution in [0.15, 0.2) is 35.4 Å². The van der Waals surface area contributed by atoms with E-state index in [1.54, 1.807) is 7.11 Å². The normalized spacial score (nSPS) is 14.2. The van der Waals surface area contributed by atoms with Crippen LogP contribution in [0.4, 0.5) is 0 Å². The van der Waals surface area contributed by atoms with E-state index in [0.29, 0.717) is 23.0 Å². The zero-order valence-corrected chi connectivity index (χ0v) is 35.7. The highest BCUT2D eigenvalue weighted by Crippen LogP contribution is 2.42. The summed E-state index contributed by atoms with van der Waals surface area (Å²) in [6.07, 6.45) is 6.65. The van der Waals surface area contributed by atoms with Crippen LogP contribution in [0.1, 0.15) is 113 Å². The second-order valence-corrected chi connectivity index (χ2v) is 31.8. The molecular formula is C40H68O3Si3. The van der Waals surface area contributed by atoms with Crippen molar-refractivity contribution in [3.05, 3.63) is 46.6 Å². The minimum Gasteiger partial charge on any atom is -0.543 e. The predicted octanol–water partition coefficient (Wildman–Crippen LogP) is 11.8. The van der Waals surface area contributed by atoms with Crippen molar-refractivity contribution >= 4 is 24.5 Å². The van der Waals surface area contributed by atoms with Gasteiger partial charge in [-0.15, -0.1) is 22.9 Å². The maximum absolute atomic E-state index is 11.5. The van der Waals surface area contributed by atoms with Crippen LogP contribution in [-0.2, 0) is 6.42 Å². The van der Waals surface area contributed by atoms with Gasteiger partial charge in [0.15, 0.2) is 0 Å². The van der Waals surface area contributed by atoms with Crippen LogP contribution in [0.3, 0.4) is 0 Å². The molecule has 0 aliphatic rings. The van der Waals surface area contributed by atoms with E-state index in [9.17, 15) is 5.11 Å². The van der Waals surface area contributed by atoms with Crippen molar-refractivity contribution in [1.82, 2.24) is 0 Å². The average Bonchev–Trinajstić information content (AvgIpc) is 2.88. The topological polar surface area (TPSA) is 38.7 Å². The summed E-state index contributed by atoms with van der Waals surface area (Å²) < 4.78 is 12.8. The number of ether oxygens (including phenoxy) is 1. The van der Waals surface area contributed by atoms with Crippen molar-refractivity contribution in [2.45, 2.75) is 162 Å². The highest BCUT2D eigenvalue weighted by molar-refractivity contribution is 6.90. The smallest absolute Gasteiger partial charge is 0.250 e. The molecule has 0 spiro atoms. The molecule has 3 nitrogen and oxygen atoms in total. The van der Waals surface area contributed by atoms with E-state index in [0.717, 1.165) is 47.5 Å². The summed E-state index contributed by atoms with van der Waals surface area (Å²) in [7, 11) is -3.61. The van der Waals surface area contributed by atoms with Gasteiger partial charge in [0, 0.05) is 24.0 Å². The van der Waals surface area contributed by atoms with E-state index < -0.39 is 30.6 Å². The fourth-order valence-corrected chi connectivity index (χ4v) is 12.9. The lowest BCUT2D eigenvalue weighted by molar-refractivity contribution is 0.223. The lowest BCUT2D eigenvalue weighted by atomic mass is 9.98. The molecule has 0 bridgehead atoms. The summed E-state index contributed by atoms with van der Waals surface area (Å²) in [5.41, 5.74) is 13.4. The number of allylic oxidation sites excluding steroid dienone is 3. The van der Waals surface area contributed by atoms with Crippen LogP contribution >= 0.6 is 0 Å². The number of benzene rings is 1. The molecule has 0 fully saturated rings. The highest BCUT2D eigenvalue weighted by Gasteiger charge is 2.42. The molecule has 1 rings (SSSR count). The Kier molecular flexibility index (Phi) is 15.9. The molecule has 0 amide bonds. The van der Waals surface area contributed by atoms with E-state index in [2.05, 4.69) is 137 Å². The van der Waals surface area contributed by atoms with Gasteiger partial charge in [-0.2, -0.15) is 0 Å². The molecular weight excluding hydrogens is 613 g/mol. The molecule has 0 aromatic heterocycles. The Hall–Kier alpha value is -1.97. The number of rotatable bonds is 13. The maximum atomic E-state index is 11.5. The van der Waals surface area contributed by atoms with Crippen LogP contribution in [0.5, 0.6) is 11.5 Å². The fourth-order valence-electron chi connectivity index (χ4n) is 5.97. The molecule has 0 heterocycles. The zero-order chi connectivity index (χ0) is 35.7. The molecule has 0 unspecified atom stereocenters. The van der Waals surface area contributed by atoms with Crippen LogP contribution in [0.25, 0.3) is 0 Å². The summed E-state index contributed by atoms with van der Waals surface area (Å²) in [6, 6.07) is 4.09. The molecule has 0 radical (unpaired) electrons. The number of hydrogen-bond donors (Lipinski definition) is 1. The molecule has 0 saturated heterocycles. The van der Waals surface area contributed by atoms with Gasteiger partial charge in [0.05, 0.1) is 7.11 Å². The van der Waals surface area contributed by atoms with Crippen molar-refractivity contribution in [2.75, 3.05) is 7.11 Å². The Bertz CT molecular complexity index is 1310. The van der Waals surface area contributed by atoms with Gasteiger partial charge in [-0.25, -0.2) is 0 Å². The van der Waals surface area contributed by atoms with Crippen molar-refractivity contribution < 1.29 is 14.3 Å². The van der Waals surface area contributed by atoms with Crippen LogP contribution in [0.2, 0.25) is 54.4 Å². The summed E-state index contributed by atoms with van der Waals surface area (Å²) >= 11 is 0. The monoisotopic (exact) mass is 680 g/mol. The Morgan fingerprint density at radius 2 is 1.41 bits per heavy atom. The van der Waals surface area contributed by atoms with Gasteiger partial charge < -0.3 is 14.3 Å². The zero-order valence-electron chi connectivity index (χ0n) is 32.7. The first-order valence-electron chi connectivity index (χ1n) is 17.4. The number of aliphatic hydroxyl groups is 1. The first-order valence-corrected chi connectivity index (χ1v) is 26.0. The average molecular weight is 681 g/mol. The highest BCUT2D eigenvalue weighted by atomic mass is 28.4. The number of unbranched alkanes of at least 4 members (excludes halogenated alkanes) is 1. The van der Waals surface area contributed by atoms with Crippen molar-refractivity contribution in [2.24, 2.45) is 0 Å². The van der Waals surface area contributed by atoms with Crippen LogP contribution in [-0.4, -0.2) is 36.7 Å². The minimum atomic E-state index is -2.18. The molecule has 1 atom stereocenters. The molecule has 1 N–H and O–H groups in total.